The molecule has 2 atom stereocenters. The molecule has 260 valence electrons. The van der Waals surface area contributed by atoms with E-state index in [1.807, 2.05) is 13.8 Å². The lowest BCUT2D eigenvalue weighted by Crippen LogP contribution is -2.44. The fraction of sp³-hybridized carbons (Fsp3) is 0.395. The fourth-order valence-corrected chi connectivity index (χ4v) is 7.74. The highest BCUT2D eigenvalue weighted by Crippen LogP contribution is 2.42. The van der Waals surface area contributed by atoms with E-state index in [4.69, 9.17) is 14.1 Å². The zero-order valence-electron chi connectivity index (χ0n) is 30.7. The van der Waals surface area contributed by atoms with Crippen LogP contribution < -0.4 is 0 Å². The molecule has 0 amide bonds. The summed E-state index contributed by atoms with van der Waals surface area (Å²) >= 11 is 1.67. The van der Waals surface area contributed by atoms with Crippen molar-refractivity contribution >= 4 is 32.0 Å². The molecule has 1 aromatic heterocycles. The molecule has 3 aromatic carbocycles. The van der Waals surface area contributed by atoms with Crippen LogP contribution in [0, 0.1) is 12.8 Å². The summed E-state index contributed by atoms with van der Waals surface area (Å²) in [6.45, 7) is 18.2. The first kappa shape index (κ1) is 38.4. The van der Waals surface area contributed by atoms with Crippen molar-refractivity contribution in [1.82, 2.24) is 4.98 Å². The van der Waals surface area contributed by atoms with Crippen LogP contribution in [0.3, 0.4) is 0 Å². The standard InChI is InChI=1S/C43H55NO3SSi/c1-33(30-45)19-18-20-36(27-28-41(47-49(7,8)42(4,5)6)34(2)29-40-32-48-35(3)44-40)31-46-43(37-21-12-9-13-22-37,38-23-14-10-15-24-38)39-25-16-11-17-26-39/h9-17,21-27,29-30,32-33,41H,18-20,28,31H2,1-8H3/b34-29+,36-27+/t33-,41-/m0/s1. The summed E-state index contributed by atoms with van der Waals surface area (Å²) in [6.07, 6.45) is 8.82. The predicted molar refractivity (Wildman–Crippen MR) is 210 cm³/mol. The third-order valence-electron chi connectivity index (χ3n) is 9.79. The maximum Gasteiger partial charge on any atom is 0.192 e. The van der Waals surface area contributed by atoms with Gasteiger partial charge in [0.25, 0.3) is 0 Å². The molecule has 0 saturated carbocycles. The first-order valence-electron chi connectivity index (χ1n) is 17.6. The summed E-state index contributed by atoms with van der Waals surface area (Å²) in [5.41, 5.74) is 5.81. The molecular weight excluding hydrogens is 639 g/mol. The van der Waals surface area contributed by atoms with Crippen LogP contribution in [0.15, 0.2) is 114 Å². The summed E-state index contributed by atoms with van der Waals surface area (Å²) in [6, 6.07) is 31.6. The van der Waals surface area contributed by atoms with Crippen LogP contribution in [-0.2, 0) is 19.6 Å². The Morgan fingerprint density at radius 2 is 1.43 bits per heavy atom. The summed E-state index contributed by atoms with van der Waals surface area (Å²) in [5.74, 6) is 0.0284. The lowest BCUT2D eigenvalue weighted by molar-refractivity contribution is -0.110. The first-order valence-corrected chi connectivity index (χ1v) is 21.4. The van der Waals surface area contributed by atoms with Gasteiger partial charge >= 0.3 is 0 Å². The number of rotatable bonds is 17. The Morgan fingerprint density at radius 1 is 0.898 bits per heavy atom. The van der Waals surface area contributed by atoms with E-state index in [-0.39, 0.29) is 17.1 Å². The van der Waals surface area contributed by atoms with Gasteiger partial charge in [-0.15, -0.1) is 11.3 Å². The second-order valence-electron chi connectivity index (χ2n) is 14.7. The number of carbonyl (C=O) groups excluding carboxylic acids is 1. The Bertz CT molecular complexity index is 1560. The van der Waals surface area contributed by atoms with Gasteiger partial charge in [-0.25, -0.2) is 4.98 Å². The number of hydrogen-bond donors (Lipinski definition) is 0. The van der Waals surface area contributed by atoms with Crippen molar-refractivity contribution in [2.45, 2.75) is 97.1 Å². The second-order valence-corrected chi connectivity index (χ2v) is 20.5. The Labute approximate surface area is 300 Å². The quantitative estimate of drug-likeness (QED) is 0.0478. The molecule has 0 bridgehead atoms. The molecule has 4 rings (SSSR count). The van der Waals surface area contributed by atoms with Crippen molar-refractivity contribution in [2.75, 3.05) is 6.61 Å². The van der Waals surface area contributed by atoms with E-state index in [1.54, 1.807) is 11.3 Å². The summed E-state index contributed by atoms with van der Waals surface area (Å²) in [4.78, 5) is 16.2. The van der Waals surface area contributed by atoms with Gasteiger partial charge in [-0.3, -0.25) is 0 Å². The van der Waals surface area contributed by atoms with E-state index in [0.29, 0.717) is 6.61 Å². The van der Waals surface area contributed by atoms with Crippen LogP contribution >= 0.6 is 11.3 Å². The van der Waals surface area contributed by atoms with Gasteiger partial charge in [0, 0.05) is 11.3 Å². The number of aromatic nitrogens is 1. The predicted octanol–water partition coefficient (Wildman–Crippen LogP) is 11.6. The Kier molecular flexibility index (Phi) is 13.7. The molecule has 1 heterocycles. The van der Waals surface area contributed by atoms with Gasteiger partial charge in [-0.1, -0.05) is 125 Å². The second kappa shape index (κ2) is 17.5. The molecule has 0 spiro atoms. The van der Waals surface area contributed by atoms with Crippen LogP contribution in [0.2, 0.25) is 18.1 Å². The Hall–Kier alpha value is -3.42. The summed E-state index contributed by atoms with van der Waals surface area (Å²) < 4.78 is 14.4. The third-order valence-corrected chi connectivity index (χ3v) is 15.1. The van der Waals surface area contributed by atoms with E-state index in [9.17, 15) is 4.79 Å². The van der Waals surface area contributed by atoms with Gasteiger partial charge in [0.2, 0.25) is 0 Å². The van der Waals surface area contributed by atoms with E-state index in [0.717, 1.165) is 59.4 Å². The highest BCUT2D eigenvalue weighted by molar-refractivity contribution is 7.09. The average molecular weight is 694 g/mol. The third kappa shape index (κ3) is 10.3. The molecule has 49 heavy (non-hydrogen) atoms. The van der Waals surface area contributed by atoms with Crippen LogP contribution in [0.4, 0.5) is 0 Å². The van der Waals surface area contributed by atoms with Gasteiger partial charge in [-0.2, -0.15) is 0 Å². The Balaban J connectivity index is 1.75. The topological polar surface area (TPSA) is 48.4 Å². The highest BCUT2D eigenvalue weighted by Gasteiger charge is 2.40. The number of aldehydes is 1. The molecule has 0 fully saturated rings. The lowest BCUT2D eigenvalue weighted by atomic mass is 9.80. The molecule has 0 N–H and O–H groups in total. The van der Waals surface area contributed by atoms with Crippen LogP contribution in [0.25, 0.3) is 6.08 Å². The summed E-state index contributed by atoms with van der Waals surface area (Å²) in [7, 11) is -2.10. The zero-order valence-corrected chi connectivity index (χ0v) is 32.6. The van der Waals surface area contributed by atoms with Gasteiger partial charge in [0.1, 0.15) is 11.9 Å². The molecular formula is C43H55NO3SSi. The number of hydrogen-bond acceptors (Lipinski definition) is 5. The van der Waals surface area contributed by atoms with Crippen LogP contribution in [0.1, 0.15) is 87.7 Å². The van der Waals surface area contributed by atoms with Crippen LogP contribution in [0.5, 0.6) is 0 Å². The van der Waals surface area contributed by atoms with Crippen molar-refractivity contribution in [3.63, 3.8) is 0 Å². The van der Waals surface area contributed by atoms with E-state index < -0.39 is 13.9 Å². The van der Waals surface area contributed by atoms with E-state index in [2.05, 4.69) is 149 Å². The maximum atomic E-state index is 11.5. The number of ether oxygens (including phenoxy) is 1. The number of aryl methyl sites for hydroxylation is 1. The molecule has 0 aliphatic rings. The molecule has 0 aliphatic carbocycles. The van der Waals surface area contributed by atoms with Crippen molar-refractivity contribution < 1.29 is 14.0 Å². The monoisotopic (exact) mass is 693 g/mol. The van der Waals surface area contributed by atoms with E-state index >= 15 is 0 Å². The van der Waals surface area contributed by atoms with E-state index in [1.165, 1.54) is 11.1 Å². The number of thiazole rings is 1. The average Bonchev–Trinajstić information content (AvgIpc) is 3.51. The van der Waals surface area contributed by atoms with Crippen molar-refractivity contribution in [2.24, 2.45) is 5.92 Å². The number of nitrogens with zero attached hydrogens (tertiary/aromatic N) is 1. The molecule has 0 aliphatic heterocycles. The maximum absolute atomic E-state index is 11.5. The van der Waals surface area contributed by atoms with Gasteiger partial charge in [0.05, 0.1) is 23.4 Å². The van der Waals surface area contributed by atoms with Crippen molar-refractivity contribution in [3.8, 4) is 0 Å². The minimum Gasteiger partial charge on any atom is -0.410 e. The van der Waals surface area contributed by atoms with Gasteiger partial charge < -0.3 is 14.0 Å². The molecule has 4 nitrogen and oxygen atoms in total. The smallest absolute Gasteiger partial charge is 0.192 e. The normalized spacial score (nSPS) is 14.4. The minimum atomic E-state index is -2.10. The van der Waals surface area contributed by atoms with Crippen molar-refractivity contribution in [3.05, 3.63) is 141 Å². The minimum absolute atomic E-state index is 0.0284. The largest absolute Gasteiger partial charge is 0.410 e. The lowest BCUT2D eigenvalue weighted by Gasteiger charge is -2.39. The number of benzene rings is 3. The molecule has 4 aromatic rings. The number of carbonyl (C=O) groups is 1. The highest BCUT2D eigenvalue weighted by atomic mass is 32.1. The van der Waals surface area contributed by atoms with Crippen LogP contribution in [-0.4, -0.2) is 32.3 Å². The van der Waals surface area contributed by atoms with Gasteiger partial charge in [-0.05, 0) is 91.6 Å². The SMILES string of the molecule is C/C(=C\c1csc(C)n1)[C@H](C/C=C(\CCC[C@H](C)C=O)COC(c1ccccc1)(c1ccccc1)c1ccccc1)O[Si](C)(C)C(C)(C)C. The van der Waals surface area contributed by atoms with Crippen molar-refractivity contribution in [1.29, 1.82) is 0 Å². The molecule has 0 saturated heterocycles. The molecule has 0 radical (unpaired) electrons. The molecule has 6 heteroatoms. The molecule has 0 unspecified atom stereocenters. The zero-order chi connectivity index (χ0) is 35.5. The summed E-state index contributed by atoms with van der Waals surface area (Å²) in [5, 5.41) is 3.25. The fourth-order valence-electron chi connectivity index (χ4n) is 5.83. The Morgan fingerprint density at radius 3 is 1.88 bits per heavy atom. The van der Waals surface area contributed by atoms with Gasteiger partial charge in [0.15, 0.2) is 8.32 Å². The first-order chi connectivity index (χ1) is 23.4.